The Morgan fingerprint density at radius 2 is 1.59 bits per heavy atom. The lowest BCUT2D eigenvalue weighted by Gasteiger charge is -2.43. The molecular formula is C29H50N4O10SSi2. The van der Waals surface area contributed by atoms with Crippen LogP contribution in [0.4, 0.5) is 0 Å². The molecule has 46 heavy (non-hydrogen) atoms. The number of hydrogen-bond acceptors (Lipinski definition) is 11. The Morgan fingerprint density at radius 1 is 1.02 bits per heavy atom. The molecule has 14 nitrogen and oxygen atoms in total. The highest BCUT2D eigenvalue weighted by molar-refractivity contribution is 7.90. The Bertz CT molecular complexity index is 1640. The molecule has 1 saturated heterocycles. The van der Waals surface area contributed by atoms with Gasteiger partial charge in [0.2, 0.25) is 11.8 Å². The van der Waals surface area contributed by atoms with E-state index in [0.717, 1.165) is 9.98 Å². The molecule has 0 saturated carbocycles. The fraction of sp³-hybridized carbons (Fsp3) is 0.724. The van der Waals surface area contributed by atoms with Crippen molar-refractivity contribution in [2.24, 2.45) is 11.5 Å². The second-order valence-corrected chi connectivity index (χ2v) is 26.1. The molecule has 4 atom stereocenters. The molecule has 0 radical (unpaired) electrons. The minimum Gasteiger partial charge on any atom is -0.414 e. The molecule has 1 aromatic rings. The number of aromatic nitrogens is 2. The first-order valence-corrected chi connectivity index (χ1v) is 22.5. The number of carbonyl (C=O) groups excluding carboxylic acids is 2. The van der Waals surface area contributed by atoms with Crippen LogP contribution in [0.2, 0.25) is 36.3 Å². The van der Waals surface area contributed by atoms with Gasteiger partial charge in [-0.1, -0.05) is 41.5 Å². The van der Waals surface area contributed by atoms with Gasteiger partial charge in [-0.25, -0.2) is 8.98 Å². The molecule has 1 fully saturated rings. The van der Waals surface area contributed by atoms with Crippen LogP contribution in [0.5, 0.6) is 0 Å². The van der Waals surface area contributed by atoms with Crippen LogP contribution in [-0.4, -0.2) is 70.4 Å². The molecule has 3 rings (SSSR count). The van der Waals surface area contributed by atoms with E-state index in [-0.39, 0.29) is 47.2 Å². The number of nitrogens with zero attached hydrogens (tertiary/aromatic N) is 2. The van der Waals surface area contributed by atoms with E-state index in [4.69, 9.17) is 29.2 Å². The van der Waals surface area contributed by atoms with Gasteiger partial charge in [0, 0.05) is 24.6 Å². The van der Waals surface area contributed by atoms with E-state index in [1.165, 1.54) is 13.1 Å². The maximum atomic E-state index is 14.0. The van der Waals surface area contributed by atoms with E-state index in [1.807, 2.05) is 67.7 Å². The Hall–Kier alpha value is -2.42. The molecule has 0 aromatic carbocycles. The lowest BCUT2D eigenvalue weighted by Crippen LogP contribution is -2.59. The summed E-state index contributed by atoms with van der Waals surface area (Å²) >= 11 is 0. The summed E-state index contributed by atoms with van der Waals surface area (Å²) in [5, 5.41) is 0.218. The first kappa shape index (κ1) is 38.0. The van der Waals surface area contributed by atoms with Crippen LogP contribution >= 0.6 is 0 Å². The van der Waals surface area contributed by atoms with Crippen molar-refractivity contribution in [2.45, 2.75) is 128 Å². The summed E-state index contributed by atoms with van der Waals surface area (Å²) < 4.78 is 53.2. The first-order valence-electron chi connectivity index (χ1n) is 15.3. The molecular weight excluding hydrogens is 653 g/mol. The number of primary amides is 1. The van der Waals surface area contributed by atoms with Crippen molar-refractivity contribution in [1.82, 2.24) is 9.13 Å². The zero-order chi connectivity index (χ0) is 35.4. The van der Waals surface area contributed by atoms with Gasteiger partial charge in [-0.15, -0.1) is 0 Å². The Labute approximate surface area is 272 Å². The number of hydrogen-bond donors (Lipinski definition) is 2. The van der Waals surface area contributed by atoms with Crippen molar-refractivity contribution in [3.8, 4) is 0 Å². The fourth-order valence-electron chi connectivity index (χ4n) is 4.84. The third kappa shape index (κ3) is 7.19. The number of carbonyl (C=O) groups is 2. The van der Waals surface area contributed by atoms with E-state index >= 15 is 0 Å². The average molecular weight is 703 g/mol. The molecule has 3 heterocycles. The summed E-state index contributed by atoms with van der Waals surface area (Å²) in [7, 11) is -9.55. The predicted molar refractivity (Wildman–Crippen MR) is 178 cm³/mol. The second-order valence-electron chi connectivity index (χ2n) is 15.2. The summed E-state index contributed by atoms with van der Waals surface area (Å²) in [4.78, 5) is 51.5. The lowest BCUT2D eigenvalue weighted by molar-refractivity contribution is -0.118. The minimum atomic E-state index is -4.31. The average Bonchev–Trinajstić information content (AvgIpc) is 3.29. The van der Waals surface area contributed by atoms with Gasteiger partial charge in [0.15, 0.2) is 28.5 Å². The van der Waals surface area contributed by atoms with Crippen molar-refractivity contribution in [3.63, 3.8) is 0 Å². The monoisotopic (exact) mass is 702 g/mol. The Balaban J connectivity index is 2.28. The maximum absolute atomic E-state index is 14.0. The number of nitrogens with two attached hydrogens (primary N) is 2. The summed E-state index contributed by atoms with van der Waals surface area (Å²) in [6.45, 7) is 21.3. The largest absolute Gasteiger partial charge is 0.414 e. The predicted octanol–water partition coefficient (Wildman–Crippen LogP) is 2.82. The molecule has 260 valence electrons. The van der Waals surface area contributed by atoms with Gasteiger partial charge in [-0.2, -0.15) is 13.0 Å². The quantitative estimate of drug-likeness (QED) is 0.268. The van der Waals surface area contributed by atoms with Crippen molar-refractivity contribution in [2.75, 3.05) is 6.61 Å². The summed E-state index contributed by atoms with van der Waals surface area (Å²) in [6.07, 6.45) is -2.99. The van der Waals surface area contributed by atoms with Crippen LogP contribution in [0, 0.1) is 6.92 Å². The van der Waals surface area contributed by atoms with Crippen molar-refractivity contribution < 1.29 is 35.8 Å². The minimum absolute atomic E-state index is 0.0357. The normalized spacial score (nSPS) is 25.2. The van der Waals surface area contributed by atoms with Gasteiger partial charge in [0.05, 0.1) is 17.7 Å². The van der Waals surface area contributed by atoms with Gasteiger partial charge in [-0.3, -0.25) is 19.0 Å². The topological polar surface area (TPSA) is 201 Å². The van der Waals surface area contributed by atoms with E-state index in [0.29, 0.717) is 4.57 Å². The Morgan fingerprint density at radius 3 is 2.07 bits per heavy atom. The molecule has 0 aliphatic carbocycles. The molecule has 4 N–H and O–H groups in total. The smallest absolute Gasteiger partial charge is 0.340 e. The van der Waals surface area contributed by atoms with Crippen molar-refractivity contribution in [3.05, 3.63) is 43.7 Å². The van der Waals surface area contributed by atoms with Crippen LogP contribution in [-0.2, 0) is 32.7 Å². The molecule has 1 amide bonds. The molecule has 1 spiro atoms. The molecule has 17 heteroatoms. The fourth-order valence-corrected chi connectivity index (χ4v) is 8.35. The third-order valence-corrected chi connectivity index (χ3v) is 19.7. The van der Waals surface area contributed by atoms with E-state index in [9.17, 15) is 27.6 Å². The van der Waals surface area contributed by atoms with Gasteiger partial charge in [0.1, 0.15) is 12.2 Å². The van der Waals surface area contributed by atoms with Crippen molar-refractivity contribution in [1.29, 1.82) is 0 Å². The second kappa shape index (κ2) is 12.6. The SMILES string of the molecule is Cc1cn([C@@H]2O[C@H](CO[Si](C)(C)C(C)(C)C)[C@@]3(OS(=O)(=O)C=C3N)[C@H]2O[Si](C)(C)C(C)(C)C)c(=O)n(C(=O)CCCC(N)=O)c1=O. The molecule has 2 aliphatic heterocycles. The van der Waals surface area contributed by atoms with Crippen LogP contribution in [0.1, 0.15) is 77.4 Å². The highest BCUT2D eigenvalue weighted by Gasteiger charge is 2.67. The number of rotatable bonds is 10. The van der Waals surface area contributed by atoms with E-state index in [1.54, 1.807) is 0 Å². The van der Waals surface area contributed by atoms with Crippen LogP contribution in [0.25, 0.3) is 0 Å². The van der Waals surface area contributed by atoms with Crippen LogP contribution in [0.3, 0.4) is 0 Å². The number of aryl methyl sites for hydroxylation is 1. The van der Waals surface area contributed by atoms with Crippen LogP contribution < -0.4 is 22.7 Å². The third-order valence-electron chi connectivity index (χ3n) is 9.69. The van der Waals surface area contributed by atoms with E-state index in [2.05, 4.69) is 0 Å². The van der Waals surface area contributed by atoms with Gasteiger partial charge >= 0.3 is 5.69 Å². The molecule has 0 bridgehead atoms. The molecule has 1 aromatic heterocycles. The highest BCUT2D eigenvalue weighted by atomic mass is 32.2. The first-order chi connectivity index (χ1) is 20.7. The standard InChI is InChI=1S/C29H50N4O10SSi2/c1-18-15-32(26(37)33(24(18)36)22(35)14-12-13-21(31)34)25-23(42-46(10,11)28(5,6)7)29(19(30)17-44(38,39)43-29)20(41-25)16-40-45(8,9)27(2,3)4/h15,17,20,23,25H,12-14,16,30H2,1-11H3,(H2,31,34)/t20-,23+,25-,29-/m1/s1. The molecule has 2 aliphatic rings. The lowest BCUT2D eigenvalue weighted by atomic mass is 9.89. The summed E-state index contributed by atoms with van der Waals surface area (Å²) in [6, 6.07) is 0. The van der Waals surface area contributed by atoms with Crippen molar-refractivity contribution >= 4 is 38.6 Å². The van der Waals surface area contributed by atoms with Gasteiger partial charge in [0.25, 0.3) is 15.7 Å². The molecule has 0 unspecified atom stereocenters. The summed E-state index contributed by atoms with van der Waals surface area (Å²) in [5.41, 5.74) is 7.76. The van der Waals surface area contributed by atoms with E-state index < -0.39 is 73.9 Å². The van der Waals surface area contributed by atoms with Crippen LogP contribution in [0.15, 0.2) is 26.9 Å². The number of ether oxygens (including phenoxy) is 1. The zero-order valence-electron chi connectivity index (χ0n) is 28.8. The van der Waals surface area contributed by atoms with Gasteiger partial charge < -0.3 is 25.1 Å². The summed E-state index contributed by atoms with van der Waals surface area (Å²) in [5.74, 6) is -1.46. The highest BCUT2D eigenvalue weighted by Crippen LogP contribution is 2.52. The Kier molecular flexibility index (Phi) is 10.4. The zero-order valence-corrected chi connectivity index (χ0v) is 31.6. The number of amides is 1. The maximum Gasteiger partial charge on any atom is 0.340 e. The van der Waals surface area contributed by atoms with Gasteiger partial charge in [-0.05, 0) is 49.6 Å².